The van der Waals surface area contributed by atoms with Crippen molar-refractivity contribution in [3.8, 4) is 6.07 Å². The van der Waals surface area contributed by atoms with Gasteiger partial charge < -0.3 is 5.32 Å². The van der Waals surface area contributed by atoms with Crippen molar-refractivity contribution >= 4 is 11.5 Å². The zero-order valence-corrected chi connectivity index (χ0v) is 11.4. The fourth-order valence-corrected chi connectivity index (χ4v) is 1.99. The van der Waals surface area contributed by atoms with Crippen molar-refractivity contribution in [3.05, 3.63) is 52.7 Å². The highest BCUT2D eigenvalue weighted by atomic mass is 19.4. The number of hydrogen-bond acceptors (Lipinski definition) is 3. The fraction of sp³-hybridized carbons (Fsp3) is 0.200. The van der Waals surface area contributed by atoms with Crippen molar-refractivity contribution in [1.29, 1.82) is 5.26 Å². The normalized spacial score (nSPS) is 11.0. The Balaban J connectivity index is 2.45. The smallest absolute Gasteiger partial charge is 0.339 e. The van der Waals surface area contributed by atoms with Crippen LogP contribution in [-0.4, -0.2) is 4.98 Å². The molecular formula is C15H12F3N3. The molecule has 0 unspecified atom stereocenters. The maximum atomic E-state index is 12.7. The van der Waals surface area contributed by atoms with Gasteiger partial charge in [0.1, 0.15) is 17.6 Å². The van der Waals surface area contributed by atoms with Crippen LogP contribution in [0.1, 0.15) is 22.4 Å². The highest BCUT2D eigenvalue weighted by Gasteiger charge is 2.33. The molecule has 6 heteroatoms. The number of aryl methyl sites for hydroxylation is 2. The number of nitriles is 1. The van der Waals surface area contributed by atoms with Gasteiger partial charge in [-0.15, -0.1) is 0 Å². The lowest BCUT2D eigenvalue weighted by molar-refractivity contribution is -0.141. The molecular weight excluding hydrogens is 279 g/mol. The average molecular weight is 291 g/mol. The monoisotopic (exact) mass is 291 g/mol. The minimum Gasteiger partial charge on any atom is -0.339 e. The molecule has 0 bridgehead atoms. The standard InChI is InChI=1S/C15H12F3N3/c1-9-5-10(2)7-12(6-9)20-14-11(8-19)3-4-13(21-14)15(16,17)18/h3-7H,1-2H3,(H,20,21). The van der Waals surface area contributed by atoms with Crippen LogP contribution in [0.5, 0.6) is 0 Å². The Hall–Kier alpha value is -2.55. The van der Waals surface area contributed by atoms with Gasteiger partial charge in [-0.2, -0.15) is 18.4 Å². The van der Waals surface area contributed by atoms with Gasteiger partial charge in [-0.25, -0.2) is 4.98 Å². The first-order valence-electron chi connectivity index (χ1n) is 6.13. The maximum Gasteiger partial charge on any atom is 0.433 e. The lowest BCUT2D eigenvalue weighted by Crippen LogP contribution is -2.10. The predicted octanol–water partition coefficient (Wildman–Crippen LogP) is 4.33. The molecule has 108 valence electrons. The second kappa shape index (κ2) is 5.44. The number of hydrogen-bond donors (Lipinski definition) is 1. The highest BCUT2D eigenvalue weighted by molar-refractivity contribution is 5.64. The van der Waals surface area contributed by atoms with E-state index in [1.165, 1.54) is 0 Å². The van der Waals surface area contributed by atoms with E-state index < -0.39 is 11.9 Å². The molecule has 0 aliphatic heterocycles. The zero-order chi connectivity index (χ0) is 15.6. The molecule has 21 heavy (non-hydrogen) atoms. The van der Waals surface area contributed by atoms with E-state index in [4.69, 9.17) is 5.26 Å². The molecule has 0 saturated carbocycles. The van der Waals surface area contributed by atoms with Gasteiger partial charge in [0.2, 0.25) is 0 Å². The second-order valence-corrected chi connectivity index (χ2v) is 4.70. The van der Waals surface area contributed by atoms with Gasteiger partial charge in [0.25, 0.3) is 0 Å². The third kappa shape index (κ3) is 3.51. The molecule has 1 heterocycles. The Morgan fingerprint density at radius 1 is 1.10 bits per heavy atom. The molecule has 0 fully saturated rings. The summed E-state index contributed by atoms with van der Waals surface area (Å²) >= 11 is 0. The fourth-order valence-electron chi connectivity index (χ4n) is 1.99. The van der Waals surface area contributed by atoms with E-state index in [0.717, 1.165) is 23.3 Å². The molecule has 0 aliphatic rings. The number of benzene rings is 1. The number of aromatic nitrogens is 1. The van der Waals surface area contributed by atoms with E-state index in [1.807, 2.05) is 26.0 Å². The first kappa shape index (κ1) is 14.9. The minimum atomic E-state index is -4.55. The van der Waals surface area contributed by atoms with Crippen LogP contribution < -0.4 is 5.32 Å². The SMILES string of the molecule is Cc1cc(C)cc(Nc2nc(C(F)(F)F)ccc2C#N)c1. The molecule has 0 saturated heterocycles. The third-order valence-corrected chi connectivity index (χ3v) is 2.79. The lowest BCUT2D eigenvalue weighted by Gasteiger charge is -2.12. The third-order valence-electron chi connectivity index (χ3n) is 2.79. The zero-order valence-electron chi connectivity index (χ0n) is 11.4. The Bertz CT molecular complexity index is 695. The summed E-state index contributed by atoms with van der Waals surface area (Å²) in [4.78, 5) is 3.51. The van der Waals surface area contributed by atoms with Crippen LogP contribution in [0.2, 0.25) is 0 Å². The molecule has 0 radical (unpaired) electrons. The molecule has 0 atom stereocenters. The van der Waals surface area contributed by atoms with Crippen molar-refractivity contribution in [1.82, 2.24) is 4.98 Å². The van der Waals surface area contributed by atoms with E-state index in [0.29, 0.717) is 5.69 Å². The molecule has 1 aromatic heterocycles. The van der Waals surface area contributed by atoms with Crippen molar-refractivity contribution in [2.75, 3.05) is 5.32 Å². The number of pyridine rings is 1. The number of halogens is 3. The van der Waals surface area contributed by atoms with Crippen LogP contribution in [0.4, 0.5) is 24.7 Å². The van der Waals surface area contributed by atoms with E-state index in [-0.39, 0.29) is 11.4 Å². The number of alkyl halides is 3. The van der Waals surface area contributed by atoms with E-state index >= 15 is 0 Å². The summed E-state index contributed by atoms with van der Waals surface area (Å²) in [5.74, 6) is -0.0997. The summed E-state index contributed by atoms with van der Waals surface area (Å²) in [7, 11) is 0. The topological polar surface area (TPSA) is 48.7 Å². The van der Waals surface area contributed by atoms with Crippen molar-refractivity contribution in [2.45, 2.75) is 20.0 Å². The van der Waals surface area contributed by atoms with Crippen LogP contribution in [0, 0.1) is 25.2 Å². The summed E-state index contributed by atoms with van der Waals surface area (Å²) < 4.78 is 38.1. The first-order chi connectivity index (χ1) is 9.79. The number of nitrogens with one attached hydrogen (secondary N) is 1. The summed E-state index contributed by atoms with van der Waals surface area (Å²) in [6.45, 7) is 3.76. The van der Waals surface area contributed by atoms with Crippen molar-refractivity contribution < 1.29 is 13.2 Å². The minimum absolute atomic E-state index is 0.0576. The van der Waals surface area contributed by atoms with Gasteiger partial charge in [0.15, 0.2) is 0 Å². The van der Waals surface area contributed by atoms with Gasteiger partial charge in [0, 0.05) is 5.69 Å². The molecule has 2 rings (SSSR count). The molecule has 0 amide bonds. The Morgan fingerprint density at radius 2 is 1.71 bits per heavy atom. The Kier molecular flexibility index (Phi) is 3.85. The van der Waals surface area contributed by atoms with Crippen LogP contribution in [0.3, 0.4) is 0 Å². The van der Waals surface area contributed by atoms with Crippen molar-refractivity contribution in [3.63, 3.8) is 0 Å². The molecule has 2 aromatic rings. The average Bonchev–Trinajstić information content (AvgIpc) is 2.36. The summed E-state index contributed by atoms with van der Waals surface area (Å²) in [5.41, 5.74) is 1.54. The van der Waals surface area contributed by atoms with Gasteiger partial charge in [-0.1, -0.05) is 6.07 Å². The summed E-state index contributed by atoms with van der Waals surface area (Å²) in [6.07, 6.45) is -4.55. The molecule has 1 aromatic carbocycles. The van der Waals surface area contributed by atoms with E-state index in [9.17, 15) is 13.2 Å². The summed E-state index contributed by atoms with van der Waals surface area (Å²) in [6, 6.07) is 9.23. The largest absolute Gasteiger partial charge is 0.433 e. The van der Waals surface area contributed by atoms with Gasteiger partial charge in [-0.05, 0) is 49.2 Å². The lowest BCUT2D eigenvalue weighted by atomic mass is 10.1. The number of anilines is 2. The van der Waals surface area contributed by atoms with Crippen LogP contribution in [0.25, 0.3) is 0 Å². The van der Waals surface area contributed by atoms with E-state index in [1.54, 1.807) is 12.1 Å². The van der Waals surface area contributed by atoms with Crippen LogP contribution in [-0.2, 0) is 6.18 Å². The molecule has 3 nitrogen and oxygen atoms in total. The Morgan fingerprint density at radius 3 is 2.24 bits per heavy atom. The highest BCUT2D eigenvalue weighted by Crippen LogP contribution is 2.30. The Labute approximate surface area is 120 Å². The second-order valence-electron chi connectivity index (χ2n) is 4.70. The molecule has 0 aliphatic carbocycles. The van der Waals surface area contributed by atoms with Crippen LogP contribution in [0.15, 0.2) is 30.3 Å². The van der Waals surface area contributed by atoms with Crippen LogP contribution >= 0.6 is 0 Å². The number of rotatable bonds is 2. The van der Waals surface area contributed by atoms with Gasteiger partial charge in [0.05, 0.1) is 5.56 Å². The predicted molar refractivity (Wildman–Crippen MR) is 73.2 cm³/mol. The molecule has 0 spiro atoms. The van der Waals surface area contributed by atoms with Gasteiger partial charge >= 0.3 is 6.18 Å². The molecule has 1 N–H and O–H groups in total. The maximum absolute atomic E-state index is 12.7. The summed E-state index contributed by atoms with van der Waals surface area (Å²) in [5, 5.41) is 11.8. The van der Waals surface area contributed by atoms with Gasteiger partial charge in [-0.3, -0.25) is 0 Å². The first-order valence-corrected chi connectivity index (χ1v) is 6.13. The van der Waals surface area contributed by atoms with E-state index in [2.05, 4.69) is 10.3 Å². The number of nitrogens with zero attached hydrogens (tertiary/aromatic N) is 2. The van der Waals surface area contributed by atoms with Crippen molar-refractivity contribution in [2.24, 2.45) is 0 Å². The quantitative estimate of drug-likeness (QED) is 0.895.